The summed E-state index contributed by atoms with van der Waals surface area (Å²) in [5.74, 6) is -1.08. The fraction of sp³-hybridized carbons (Fsp3) is 0.538. The van der Waals surface area contributed by atoms with Crippen LogP contribution in [0.3, 0.4) is 0 Å². The average Bonchev–Trinajstić information content (AvgIpc) is 2.74. The maximum Gasteiger partial charge on any atom is 0.303 e. The highest BCUT2D eigenvalue weighted by Crippen LogP contribution is 2.28. The van der Waals surface area contributed by atoms with Crippen LogP contribution < -0.4 is 5.32 Å². The minimum Gasteiger partial charge on any atom is -0.481 e. The molecule has 0 saturated heterocycles. The highest BCUT2D eigenvalue weighted by atomic mass is 16.4. The number of carboxylic acid groups (broad SMARTS) is 1. The van der Waals surface area contributed by atoms with Gasteiger partial charge in [-0.2, -0.15) is 0 Å². The molecular formula is C13H19NO4. The van der Waals surface area contributed by atoms with Gasteiger partial charge in [0.15, 0.2) is 5.76 Å². The van der Waals surface area contributed by atoms with E-state index in [0.717, 1.165) is 0 Å². The SMILES string of the molecule is CC(C)(C)C(CNC(=O)c1ccco1)CC(=O)O. The van der Waals surface area contributed by atoms with Crippen molar-refractivity contribution < 1.29 is 19.1 Å². The molecule has 1 atom stereocenters. The van der Waals surface area contributed by atoms with Crippen LogP contribution in [-0.2, 0) is 4.79 Å². The lowest BCUT2D eigenvalue weighted by Crippen LogP contribution is -2.36. The van der Waals surface area contributed by atoms with Gasteiger partial charge < -0.3 is 14.8 Å². The van der Waals surface area contributed by atoms with E-state index in [0.29, 0.717) is 6.54 Å². The van der Waals surface area contributed by atoms with Crippen molar-refractivity contribution in [3.05, 3.63) is 24.2 Å². The molecule has 100 valence electrons. The maximum absolute atomic E-state index is 11.7. The van der Waals surface area contributed by atoms with Crippen LogP contribution >= 0.6 is 0 Å². The largest absolute Gasteiger partial charge is 0.481 e. The fourth-order valence-corrected chi connectivity index (χ4v) is 1.61. The molecule has 1 aromatic heterocycles. The lowest BCUT2D eigenvalue weighted by Gasteiger charge is -2.29. The monoisotopic (exact) mass is 253 g/mol. The number of hydrogen-bond donors (Lipinski definition) is 2. The summed E-state index contributed by atoms with van der Waals surface area (Å²) in [6, 6.07) is 3.20. The van der Waals surface area contributed by atoms with Gasteiger partial charge in [0.1, 0.15) is 0 Å². The number of aliphatic carboxylic acids is 1. The normalized spacial score (nSPS) is 13.1. The van der Waals surface area contributed by atoms with Crippen molar-refractivity contribution >= 4 is 11.9 Å². The molecule has 18 heavy (non-hydrogen) atoms. The van der Waals surface area contributed by atoms with Gasteiger partial charge in [0, 0.05) is 6.54 Å². The van der Waals surface area contributed by atoms with E-state index in [1.54, 1.807) is 12.1 Å². The summed E-state index contributed by atoms with van der Waals surface area (Å²) < 4.78 is 4.97. The quantitative estimate of drug-likeness (QED) is 0.842. The van der Waals surface area contributed by atoms with Gasteiger partial charge in [0.05, 0.1) is 12.7 Å². The van der Waals surface area contributed by atoms with E-state index < -0.39 is 5.97 Å². The van der Waals surface area contributed by atoms with E-state index in [9.17, 15) is 9.59 Å². The first-order valence-corrected chi connectivity index (χ1v) is 5.84. The van der Waals surface area contributed by atoms with Gasteiger partial charge in [-0.15, -0.1) is 0 Å². The van der Waals surface area contributed by atoms with Crippen LogP contribution in [0.15, 0.2) is 22.8 Å². The van der Waals surface area contributed by atoms with Crippen molar-refractivity contribution in [3.8, 4) is 0 Å². The van der Waals surface area contributed by atoms with Crippen LogP contribution in [0.25, 0.3) is 0 Å². The van der Waals surface area contributed by atoms with Gasteiger partial charge in [0.2, 0.25) is 0 Å². The third kappa shape index (κ3) is 4.24. The molecule has 0 aliphatic heterocycles. The van der Waals surface area contributed by atoms with Crippen molar-refractivity contribution in [2.24, 2.45) is 11.3 Å². The van der Waals surface area contributed by atoms with E-state index >= 15 is 0 Å². The Balaban J connectivity index is 2.57. The van der Waals surface area contributed by atoms with Gasteiger partial charge in [-0.3, -0.25) is 9.59 Å². The predicted molar refractivity (Wildman–Crippen MR) is 66.2 cm³/mol. The van der Waals surface area contributed by atoms with Crippen LogP contribution in [0.4, 0.5) is 0 Å². The Labute approximate surface area is 106 Å². The predicted octanol–water partition coefficient (Wildman–Crippen LogP) is 2.15. The molecule has 1 rings (SSSR count). The first kappa shape index (κ1) is 14.3. The number of furan rings is 1. The summed E-state index contributed by atoms with van der Waals surface area (Å²) in [6.07, 6.45) is 1.45. The molecule has 0 aliphatic rings. The minimum atomic E-state index is -0.859. The maximum atomic E-state index is 11.7. The van der Waals surface area contributed by atoms with Crippen molar-refractivity contribution in [2.45, 2.75) is 27.2 Å². The summed E-state index contributed by atoms with van der Waals surface area (Å²) in [6.45, 7) is 6.19. The van der Waals surface area contributed by atoms with E-state index in [4.69, 9.17) is 9.52 Å². The second-order valence-corrected chi connectivity index (χ2v) is 5.35. The van der Waals surface area contributed by atoms with E-state index in [2.05, 4.69) is 5.32 Å². The first-order chi connectivity index (χ1) is 8.30. The lowest BCUT2D eigenvalue weighted by molar-refractivity contribution is -0.139. The standard InChI is InChI=1S/C13H19NO4/c1-13(2,3)9(7-11(15)16)8-14-12(17)10-5-4-6-18-10/h4-6,9H,7-8H2,1-3H3,(H,14,17)(H,15,16). The van der Waals surface area contributed by atoms with Crippen LogP contribution in [-0.4, -0.2) is 23.5 Å². The summed E-state index contributed by atoms with van der Waals surface area (Å²) >= 11 is 0. The van der Waals surface area contributed by atoms with Crippen molar-refractivity contribution in [2.75, 3.05) is 6.54 Å². The number of hydrogen-bond acceptors (Lipinski definition) is 3. The van der Waals surface area contributed by atoms with Gasteiger partial charge in [-0.25, -0.2) is 0 Å². The number of amides is 1. The number of carbonyl (C=O) groups is 2. The first-order valence-electron chi connectivity index (χ1n) is 5.84. The molecule has 1 aromatic rings. The second-order valence-electron chi connectivity index (χ2n) is 5.35. The van der Waals surface area contributed by atoms with Crippen molar-refractivity contribution in [1.82, 2.24) is 5.32 Å². The van der Waals surface area contributed by atoms with Gasteiger partial charge in [0.25, 0.3) is 5.91 Å². The number of nitrogens with one attached hydrogen (secondary N) is 1. The molecular weight excluding hydrogens is 234 g/mol. The van der Waals surface area contributed by atoms with Crippen LogP contribution in [0.5, 0.6) is 0 Å². The molecule has 0 aromatic carbocycles. The zero-order chi connectivity index (χ0) is 13.8. The summed E-state index contributed by atoms with van der Waals surface area (Å²) in [4.78, 5) is 22.5. The average molecular weight is 253 g/mol. The van der Waals surface area contributed by atoms with Crippen LogP contribution in [0.1, 0.15) is 37.7 Å². The van der Waals surface area contributed by atoms with Gasteiger partial charge in [-0.05, 0) is 23.5 Å². The van der Waals surface area contributed by atoms with Crippen molar-refractivity contribution in [3.63, 3.8) is 0 Å². The molecule has 0 saturated carbocycles. The lowest BCUT2D eigenvalue weighted by atomic mass is 9.78. The molecule has 0 aliphatic carbocycles. The van der Waals surface area contributed by atoms with E-state index in [1.165, 1.54) is 6.26 Å². The van der Waals surface area contributed by atoms with Crippen molar-refractivity contribution in [1.29, 1.82) is 0 Å². The third-order valence-corrected chi connectivity index (χ3v) is 2.90. The number of rotatable bonds is 5. The third-order valence-electron chi connectivity index (χ3n) is 2.90. The molecule has 1 heterocycles. The fourth-order valence-electron chi connectivity index (χ4n) is 1.61. The molecule has 0 fully saturated rings. The highest BCUT2D eigenvalue weighted by Gasteiger charge is 2.27. The Hall–Kier alpha value is -1.78. The Kier molecular flexibility index (Phi) is 4.53. The summed E-state index contributed by atoms with van der Waals surface area (Å²) in [5.41, 5.74) is -0.186. The summed E-state index contributed by atoms with van der Waals surface area (Å²) in [7, 11) is 0. The molecule has 2 N–H and O–H groups in total. The summed E-state index contributed by atoms with van der Waals surface area (Å²) in [5, 5.41) is 11.6. The molecule has 0 spiro atoms. The highest BCUT2D eigenvalue weighted by molar-refractivity contribution is 5.91. The van der Waals surface area contributed by atoms with Crippen LogP contribution in [0.2, 0.25) is 0 Å². The Morgan fingerprint density at radius 3 is 2.56 bits per heavy atom. The molecule has 1 amide bonds. The van der Waals surface area contributed by atoms with Gasteiger partial charge >= 0.3 is 5.97 Å². The molecule has 5 heteroatoms. The molecule has 0 bridgehead atoms. The second kappa shape index (κ2) is 5.71. The van der Waals surface area contributed by atoms with E-state index in [1.807, 2.05) is 20.8 Å². The Bertz CT molecular complexity index is 403. The van der Waals surface area contributed by atoms with E-state index in [-0.39, 0.29) is 29.4 Å². The number of carboxylic acids is 1. The van der Waals surface area contributed by atoms with Gasteiger partial charge in [-0.1, -0.05) is 20.8 Å². The molecule has 5 nitrogen and oxygen atoms in total. The van der Waals surface area contributed by atoms with Crippen LogP contribution in [0, 0.1) is 11.3 Å². The topological polar surface area (TPSA) is 79.5 Å². The number of carbonyl (C=O) groups excluding carboxylic acids is 1. The zero-order valence-corrected chi connectivity index (χ0v) is 10.9. The minimum absolute atomic E-state index is 0.0297. The molecule has 1 unspecified atom stereocenters. The Morgan fingerprint density at radius 2 is 2.11 bits per heavy atom. The zero-order valence-electron chi connectivity index (χ0n) is 10.9. The Morgan fingerprint density at radius 1 is 1.44 bits per heavy atom. The smallest absolute Gasteiger partial charge is 0.303 e. The molecule has 0 radical (unpaired) electrons.